The Morgan fingerprint density at radius 1 is 1.30 bits per heavy atom. The van der Waals surface area contributed by atoms with E-state index in [0.29, 0.717) is 18.5 Å². The van der Waals surface area contributed by atoms with Gasteiger partial charge in [0.05, 0.1) is 12.7 Å². The van der Waals surface area contributed by atoms with Gasteiger partial charge in [0, 0.05) is 19.3 Å². The Bertz CT molecular complexity index is 502. The van der Waals surface area contributed by atoms with Crippen LogP contribution in [0, 0.1) is 0 Å². The highest BCUT2D eigenvalue weighted by molar-refractivity contribution is 6.01. The molecule has 0 bridgehead atoms. The predicted octanol–water partition coefficient (Wildman–Crippen LogP) is 1.90. The average molecular weight is 276 g/mol. The van der Waals surface area contributed by atoms with Gasteiger partial charge in [0.2, 0.25) is 0 Å². The second kappa shape index (κ2) is 6.41. The number of anilines is 1. The first kappa shape index (κ1) is 14.4. The number of amides is 1. The van der Waals surface area contributed by atoms with Gasteiger partial charge in [0.25, 0.3) is 5.91 Å². The van der Waals surface area contributed by atoms with Crippen LogP contribution < -0.4 is 5.32 Å². The fourth-order valence-electron chi connectivity index (χ4n) is 2.60. The number of carbonyl (C=O) groups excluding carboxylic acids is 2. The number of likely N-dealkylation sites (tertiary alicyclic amines) is 1. The Morgan fingerprint density at radius 2 is 2.05 bits per heavy atom. The highest BCUT2D eigenvalue weighted by Gasteiger charge is 2.33. The number of nitrogens with one attached hydrogen (secondary N) is 1. The summed E-state index contributed by atoms with van der Waals surface area (Å²) in [7, 11) is 3.14. The first-order valence-corrected chi connectivity index (χ1v) is 6.84. The quantitative estimate of drug-likeness (QED) is 0.857. The van der Waals surface area contributed by atoms with Crippen LogP contribution in [0.1, 0.15) is 29.6 Å². The fourth-order valence-corrected chi connectivity index (χ4v) is 2.60. The van der Waals surface area contributed by atoms with Gasteiger partial charge in [0.15, 0.2) is 0 Å². The van der Waals surface area contributed by atoms with E-state index in [0.717, 1.165) is 18.5 Å². The number of rotatable bonds is 3. The van der Waals surface area contributed by atoms with Crippen LogP contribution in [0.5, 0.6) is 0 Å². The van der Waals surface area contributed by atoms with Crippen molar-refractivity contribution in [2.45, 2.75) is 25.3 Å². The van der Waals surface area contributed by atoms with E-state index in [1.54, 1.807) is 18.0 Å². The Kier molecular flexibility index (Phi) is 4.61. The smallest absolute Gasteiger partial charge is 0.328 e. The summed E-state index contributed by atoms with van der Waals surface area (Å²) in [5, 5.41) is 3.01. The van der Waals surface area contributed by atoms with Crippen LogP contribution in [-0.2, 0) is 9.53 Å². The van der Waals surface area contributed by atoms with Crippen molar-refractivity contribution in [3.63, 3.8) is 0 Å². The number of piperidine rings is 1. The van der Waals surface area contributed by atoms with Crippen LogP contribution in [0.3, 0.4) is 0 Å². The van der Waals surface area contributed by atoms with E-state index < -0.39 is 6.04 Å². The van der Waals surface area contributed by atoms with Crippen LogP contribution in [0.2, 0.25) is 0 Å². The normalized spacial score (nSPS) is 18.5. The molecule has 1 saturated heterocycles. The molecule has 1 aliphatic heterocycles. The van der Waals surface area contributed by atoms with Crippen molar-refractivity contribution in [3.8, 4) is 0 Å². The number of hydrogen-bond acceptors (Lipinski definition) is 4. The number of para-hydroxylation sites is 1. The monoisotopic (exact) mass is 276 g/mol. The van der Waals surface area contributed by atoms with Crippen LogP contribution in [0.25, 0.3) is 0 Å². The Morgan fingerprint density at radius 3 is 2.75 bits per heavy atom. The van der Waals surface area contributed by atoms with Crippen LogP contribution in [0.4, 0.5) is 5.69 Å². The molecule has 108 valence electrons. The minimum atomic E-state index is -0.467. The van der Waals surface area contributed by atoms with Crippen molar-refractivity contribution in [3.05, 3.63) is 29.8 Å². The van der Waals surface area contributed by atoms with Gasteiger partial charge >= 0.3 is 5.97 Å². The lowest BCUT2D eigenvalue weighted by atomic mass is 10.0. The summed E-state index contributed by atoms with van der Waals surface area (Å²) in [6, 6.07) is 6.86. The fraction of sp³-hybridized carbons (Fsp3) is 0.467. The molecule has 1 atom stereocenters. The lowest BCUT2D eigenvalue weighted by molar-refractivity contribution is -0.147. The van der Waals surface area contributed by atoms with Gasteiger partial charge in [-0.25, -0.2) is 4.79 Å². The van der Waals surface area contributed by atoms with Gasteiger partial charge in [-0.2, -0.15) is 0 Å². The molecule has 0 saturated carbocycles. The summed E-state index contributed by atoms with van der Waals surface area (Å²) in [5.41, 5.74) is 1.36. The summed E-state index contributed by atoms with van der Waals surface area (Å²) < 4.78 is 4.81. The standard InChI is InChI=1S/C15H20N2O3/c1-16-12-8-4-3-7-11(12)14(18)17-10-6-5-9-13(17)15(19)20-2/h3-4,7-8,13,16H,5-6,9-10H2,1-2H3. The molecule has 1 unspecified atom stereocenters. The number of benzene rings is 1. The minimum absolute atomic E-state index is 0.120. The molecule has 0 aliphatic carbocycles. The molecular formula is C15H20N2O3. The van der Waals surface area contributed by atoms with Crippen LogP contribution in [-0.4, -0.2) is 43.5 Å². The van der Waals surface area contributed by atoms with E-state index in [1.165, 1.54) is 7.11 Å². The number of nitrogens with zero attached hydrogens (tertiary/aromatic N) is 1. The molecule has 5 heteroatoms. The van der Waals surface area contributed by atoms with E-state index in [2.05, 4.69) is 5.32 Å². The molecule has 0 radical (unpaired) electrons. The Labute approximate surface area is 118 Å². The van der Waals surface area contributed by atoms with Crippen molar-refractivity contribution in [1.29, 1.82) is 0 Å². The predicted molar refractivity (Wildman–Crippen MR) is 76.7 cm³/mol. The third kappa shape index (κ3) is 2.76. The van der Waals surface area contributed by atoms with Gasteiger partial charge in [-0.15, -0.1) is 0 Å². The highest BCUT2D eigenvalue weighted by Crippen LogP contribution is 2.23. The molecule has 20 heavy (non-hydrogen) atoms. The molecule has 1 aliphatic rings. The largest absolute Gasteiger partial charge is 0.467 e. The molecular weight excluding hydrogens is 256 g/mol. The molecule has 1 fully saturated rings. The third-order valence-electron chi connectivity index (χ3n) is 3.66. The molecule has 1 aromatic rings. The Balaban J connectivity index is 2.27. The molecule has 0 aromatic heterocycles. The van der Waals surface area contributed by atoms with Crippen molar-refractivity contribution < 1.29 is 14.3 Å². The van der Waals surface area contributed by atoms with Crippen LogP contribution in [0.15, 0.2) is 24.3 Å². The SMILES string of the molecule is CNc1ccccc1C(=O)N1CCCCC1C(=O)OC. The van der Waals surface area contributed by atoms with Crippen molar-refractivity contribution in [2.75, 3.05) is 26.0 Å². The highest BCUT2D eigenvalue weighted by atomic mass is 16.5. The van der Waals surface area contributed by atoms with Gasteiger partial charge in [0.1, 0.15) is 6.04 Å². The molecule has 5 nitrogen and oxygen atoms in total. The number of ether oxygens (including phenoxy) is 1. The van der Waals surface area contributed by atoms with Gasteiger partial charge in [-0.1, -0.05) is 12.1 Å². The minimum Gasteiger partial charge on any atom is -0.467 e. The second-order valence-electron chi connectivity index (χ2n) is 4.83. The third-order valence-corrected chi connectivity index (χ3v) is 3.66. The number of carbonyl (C=O) groups is 2. The number of esters is 1. The van der Waals surface area contributed by atoms with Crippen molar-refractivity contribution in [2.24, 2.45) is 0 Å². The summed E-state index contributed by atoms with van der Waals surface area (Å²) in [5.74, 6) is -0.454. The second-order valence-corrected chi connectivity index (χ2v) is 4.83. The first-order valence-electron chi connectivity index (χ1n) is 6.84. The van der Waals surface area contributed by atoms with E-state index in [9.17, 15) is 9.59 Å². The average Bonchev–Trinajstić information content (AvgIpc) is 2.53. The summed E-state index contributed by atoms with van der Waals surface area (Å²) >= 11 is 0. The van der Waals surface area contributed by atoms with E-state index in [1.807, 2.05) is 18.2 Å². The maximum Gasteiger partial charge on any atom is 0.328 e. The zero-order valence-electron chi connectivity index (χ0n) is 11.9. The van der Waals surface area contributed by atoms with E-state index >= 15 is 0 Å². The molecule has 1 amide bonds. The number of hydrogen-bond donors (Lipinski definition) is 1. The zero-order valence-corrected chi connectivity index (χ0v) is 11.9. The zero-order chi connectivity index (χ0) is 14.5. The Hall–Kier alpha value is -2.04. The van der Waals surface area contributed by atoms with E-state index in [4.69, 9.17) is 4.74 Å². The first-order chi connectivity index (χ1) is 9.69. The maximum atomic E-state index is 12.7. The number of methoxy groups -OCH3 is 1. The maximum absolute atomic E-state index is 12.7. The molecule has 1 aromatic carbocycles. The molecule has 1 N–H and O–H groups in total. The van der Waals surface area contributed by atoms with Gasteiger partial charge < -0.3 is 15.0 Å². The molecule has 0 spiro atoms. The van der Waals surface area contributed by atoms with Gasteiger partial charge in [-0.3, -0.25) is 4.79 Å². The topological polar surface area (TPSA) is 58.6 Å². The summed E-state index contributed by atoms with van der Waals surface area (Å²) in [6.45, 7) is 0.594. The van der Waals surface area contributed by atoms with Crippen molar-refractivity contribution >= 4 is 17.6 Å². The summed E-state index contributed by atoms with van der Waals surface area (Å²) in [6.07, 6.45) is 2.53. The molecule has 1 heterocycles. The van der Waals surface area contributed by atoms with Crippen molar-refractivity contribution in [1.82, 2.24) is 4.90 Å². The lowest BCUT2D eigenvalue weighted by Gasteiger charge is -2.34. The van der Waals surface area contributed by atoms with Gasteiger partial charge in [-0.05, 0) is 31.4 Å². The summed E-state index contributed by atoms with van der Waals surface area (Å²) in [4.78, 5) is 26.2. The van der Waals surface area contributed by atoms with E-state index in [-0.39, 0.29) is 11.9 Å². The van der Waals surface area contributed by atoms with Crippen LogP contribution >= 0.6 is 0 Å². The lowest BCUT2D eigenvalue weighted by Crippen LogP contribution is -2.48. The molecule has 2 rings (SSSR count).